The summed E-state index contributed by atoms with van der Waals surface area (Å²) in [5, 5.41) is 4.66. The molecule has 2 unspecified atom stereocenters. The van der Waals surface area contributed by atoms with Crippen LogP contribution in [0.2, 0.25) is 0 Å². The third kappa shape index (κ3) is 3.14. The third-order valence-corrected chi connectivity index (χ3v) is 4.98. The molecule has 0 amide bonds. The molecule has 0 bridgehead atoms. The lowest BCUT2D eigenvalue weighted by Crippen LogP contribution is -2.33. The highest BCUT2D eigenvalue weighted by Gasteiger charge is 2.24. The van der Waals surface area contributed by atoms with Gasteiger partial charge in [-0.2, -0.15) is 5.10 Å². The van der Waals surface area contributed by atoms with Crippen LogP contribution in [0.1, 0.15) is 36.3 Å². The summed E-state index contributed by atoms with van der Waals surface area (Å²) >= 11 is 3.59. The normalized spacial score (nSPS) is 14.0. The minimum Gasteiger partial charge on any atom is -0.497 e. The van der Waals surface area contributed by atoms with Crippen molar-refractivity contribution in [3.63, 3.8) is 0 Å². The van der Waals surface area contributed by atoms with E-state index in [2.05, 4.69) is 47.0 Å². The Morgan fingerprint density at radius 3 is 2.33 bits per heavy atom. The highest BCUT2D eigenvalue weighted by molar-refractivity contribution is 9.10. The second kappa shape index (κ2) is 6.62. The minimum absolute atomic E-state index is 0.00305. The maximum absolute atomic E-state index is 6.37. The Bertz CT molecular complexity index is 607. The van der Waals surface area contributed by atoms with E-state index >= 15 is 0 Å². The van der Waals surface area contributed by atoms with Crippen molar-refractivity contribution in [1.82, 2.24) is 9.78 Å². The summed E-state index contributed by atoms with van der Waals surface area (Å²) in [6, 6.07) is 8.07. The van der Waals surface area contributed by atoms with Crippen LogP contribution < -0.4 is 10.5 Å². The van der Waals surface area contributed by atoms with E-state index in [1.54, 1.807) is 7.11 Å². The molecule has 1 heterocycles. The van der Waals surface area contributed by atoms with Crippen molar-refractivity contribution in [2.75, 3.05) is 7.11 Å². The SMILES string of the molecule is CCC(N)C(c1ccc(OC)cc1)n1nc(C)c(Br)c1C. The van der Waals surface area contributed by atoms with E-state index in [1.807, 2.05) is 23.7 Å². The minimum atomic E-state index is 0.00305. The Kier molecular flexibility index (Phi) is 5.06. The fourth-order valence-electron chi connectivity index (χ4n) is 2.51. The summed E-state index contributed by atoms with van der Waals surface area (Å²) in [4.78, 5) is 0. The van der Waals surface area contributed by atoms with Gasteiger partial charge in [0.15, 0.2) is 0 Å². The maximum atomic E-state index is 6.37. The van der Waals surface area contributed by atoms with Gasteiger partial charge in [-0.15, -0.1) is 0 Å². The van der Waals surface area contributed by atoms with Gasteiger partial charge in [-0.3, -0.25) is 4.68 Å². The number of rotatable bonds is 5. The molecule has 0 saturated carbocycles. The molecule has 0 fully saturated rings. The number of hydrogen-bond donors (Lipinski definition) is 1. The molecule has 1 aromatic carbocycles. The molecule has 0 saturated heterocycles. The smallest absolute Gasteiger partial charge is 0.118 e. The van der Waals surface area contributed by atoms with Crippen LogP contribution in [0.3, 0.4) is 0 Å². The molecule has 2 rings (SSSR count). The lowest BCUT2D eigenvalue weighted by Gasteiger charge is -2.25. The molecule has 2 N–H and O–H groups in total. The molecule has 2 aromatic rings. The van der Waals surface area contributed by atoms with Crippen LogP contribution in [0.15, 0.2) is 28.7 Å². The molecule has 0 radical (unpaired) electrons. The van der Waals surface area contributed by atoms with E-state index in [9.17, 15) is 0 Å². The lowest BCUT2D eigenvalue weighted by molar-refractivity contribution is 0.407. The summed E-state index contributed by atoms with van der Waals surface area (Å²) in [6.07, 6.45) is 0.882. The monoisotopic (exact) mass is 351 g/mol. The number of ether oxygens (including phenoxy) is 1. The second-order valence-electron chi connectivity index (χ2n) is 5.22. The number of benzene rings is 1. The number of methoxy groups -OCH3 is 1. The van der Waals surface area contributed by atoms with Gasteiger partial charge >= 0.3 is 0 Å². The summed E-state index contributed by atoms with van der Waals surface area (Å²) < 4.78 is 8.30. The van der Waals surface area contributed by atoms with Crippen molar-refractivity contribution < 1.29 is 4.74 Å². The first-order valence-electron chi connectivity index (χ1n) is 7.10. The molecular formula is C16H22BrN3O. The molecule has 2 atom stereocenters. The van der Waals surface area contributed by atoms with E-state index in [0.29, 0.717) is 0 Å². The average Bonchev–Trinajstić information content (AvgIpc) is 2.75. The first-order chi connectivity index (χ1) is 9.99. The number of aryl methyl sites for hydroxylation is 1. The van der Waals surface area contributed by atoms with Gasteiger partial charge in [0, 0.05) is 6.04 Å². The Hall–Kier alpha value is -1.33. The van der Waals surface area contributed by atoms with Crippen LogP contribution in [-0.4, -0.2) is 22.9 Å². The van der Waals surface area contributed by atoms with E-state index < -0.39 is 0 Å². The molecular weight excluding hydrogens is 330 g/mol. The van der Waals surface area contributed by atoms with Gasteiger partial charge in [-0.05, 0) is 53.9 Å². The van der Waals surface area contributed by atoms with Crippen LogP contribution in [0, 0.1) is 13.8 Å². The quantitative estimate of drug-likeness (QED) is 0.895. The Morgan fingerprint density at radius 1 is 1.29 bits per heavy atom. The fraction of sp³-hybridized carbons (Fsp3) is 0.438. The van der Waals surface area contributed by atoms with Crippen LogP contribution in [0.5, 0.6) is 5.75 Å². The van der Waals surface area contributed by atoms with Crippen molar-refractivity contribution in [1.29, 1.82) is 0 Å². The molecule has 21 heavy (non-hydrogen) atoms. The molecule has 0 aliphatic heterocycles. The molecule has 1 aromatic heterocycles. The molecule has 4 nitrogen and oxygen atoms in total. The standard InChI is InChI=1S/C16H22BrN3O/c1-5-14(18)16(12-6-8-13(21-4)9-7-12)20-11(3)15(17)10(2)19-20/h6-9,14,16H,5,18H2,1-4H3. The zero-order valence-electron chi connectivity index (χ0n) is 12.9. The van der Waals surface area contributed by atoms with Crippen molar-refractivity contribution in [2.45, 2.75) is 39.3 Å². The van der Waals surface area contributed by atoms with Crippen LogP contribution in [0.4, 0.5) is 0 Å². The van der Waals surface area contributed by atoms with Gasteiger partial charge in [0.25, 0.3) is 0 Å². The van der Waals surface area contributed by atoms with Crippen molar-refractivity contribution in [2.24, 2.45) is 5.73 Å². The fourth-order valence-corrected chi connectivity index (χ4v) is 2.77. The Labute approximate surface area is 134 Å². The summed E-state index contributed by atoms with van der Waals surface area (Å²) in [7, 11) is 1.67. The van der Waals surface area contributed by atoms with Crippen LogP contribution in [-0.2, 0) is 0 Å². The summed E-state index contributed by atoms with van der Waals surface area (Å²) in [5.74, 6) is 0.845. The van der Waals surface area contributed by atoms with E-state index in [1.165, 1.54) is 0 Å². The predicted molar refractivity (Wildman–Crippen MR) is 88.8 cm³/mol. The second-order valence-corrected chi connectivity index (χ2v) is 6.01. The third-order valence-electron chi connectivity index (χ3n) is 3.83. The first-order valence-corrected chi connectivity index (χ1v) is 7.89. The van der Waals surface area contributed by atoms with Crippen LogP contribution in [0.25, 0.3) is 0 Å². The van der Waals surface area contributed by atoms with Gasteiger partial charge in [-0.25, -0.2) is 0 Å². The van der Waals surface area contributed by atoms with Gasteiger partial charge in [0.2, 0.25) is 0 Å². The van der Waals surface area contributed by atoms with Gasteiger partial charge < -0.3 is 10.5 Å². The first kappa shape index (κ1) is 16.0. The summed E-state index contributed by atoms with van der Waals surface area (Å²) in [5.41, 5.74) is 9.59. The zero-order valence-corrected chi connectivity index (χ0v) is 14.5. The van der Waals surface area contributed by atoms with Gasteiger partial charge in [-0.1, -0.05) is 19.1 Å². The largest absolute Gasteiger partial charge is 0.497 e. The van der Waals surface area contributed by atoms with Gasteiger partial charge in [0.1, 0.15) is 5.75 Å². The number of nitrogens with two attached hydrogens (primary N) is 1. The highest BCUT2D eigenvalue weighted by Crippen LogP contribution is 2.29. The number of nitrogens with zero attached hydrogens (tertiary/aromatic N) is 2. The van der Waals surface area contributed by atoms with E-state index in [4.69, 9.17) is 10.5 Å². The summed E-state index contributed by atoms with van der Waals surface area (Å²) in [6.45, 7) is 6.15. The van der Waals surface area contributed by atoms with Gasteiger partial charge in [0.05, 0.1) is 29.0 Å². The van der Waals surface area contributed by atoms with Crippen molar-refractivity contribution in [3.8, 4) is 5.75 Å². The predicted octanol–water partition coefficient (Wildman–Crippen LogP) is 3.60. The maximum Gasteiger partial charge on any atom is 0.118 e. The number of halogens is 1. The van der Waals surface area contributed by atoms with E-state index in [0.717, 1.165) is 33.6 Å². The average molecular weight is 352 g/mol. The van der Waals surface area contributed by atoms with Crippen LogP contribution >= 0.6 is 15.9 Å². The molecule has 0 aliphatic rings. The topological polar surface area (TPSA) is 53.1 Å². The molecule has 0 aliphatic carbocycles. The Balaban J connectivity index is 2.49. The van der Waals surface area contributed by atoms with Crippen molar-refractivity contribution in [3.05, 3.63) is 45.7 Å². The molecule has 114 valence electrons. The number of hydrogen-bond acceptors (Lipinski definition) is 3. The lowest BCUT2D eigenvalue weighted by atomic mass is 9.98. The van der Waals surface area contributed by atoms with E-state index in [-0.39, 0.29) is 12.1 Å². The molecule has 5 heteroatoms. The van der Waals surface area contributed by atoms with Crippen molar-refractivity contribution >= 4 is 15.9 Å². The highest BCUT2D eigenvalue weighted by atomic mass is 79.9. The Morgan fingerprint density at radius 2 is 1.90 bits per heavy atom. The molecule has 0 spiro atoms. The zero-order chi connectivity index (χ0) is 15.6. The number of aromatic nitrogens is 2.